The van der Waals surface area contributed by atoms with Crippen molar-refractivity contribution in [2.24, 2.45) is 0 Å². The molecular formula is C13H14N2O2. The summed E-state index contributed by atoms with van der Waals surface area (Å²) in [4.78, 5) is 7.97. The lowest BCUT2D eigenvalue weighted by Crippen LogP contribution is -1.94. The van der Waals surface area contributed by atoms with Gasteiger partial charge in [0.25, 0.3) is 0 Å². The second-order valence-corrected chi connectivity index (χ2v) is 3.70. The maximum Gasteiger partial charge on any atom is 0.226 e. The van der Waals surface area contributed by atoms with Crippen molar-refractivity contribution in [1.82, 2.24) is 9.97 Å². The van der Waals surface area contributed by atoms with Crippen LogP contribution in [0.5, 0.6) is 17.5 Å². The highest BCUT2D eigenvalue weighted by Gasteiger charge is 2.05. The van der Waals surface area contributed by atoms with Crippen molar-refractivity contribution in [3.05, 3.63) is 41.7 Å². The molecule has 0 N–H and O–H groups in total. The maximum atomic E-state index is 5.70. The van der Waals surface area contributed by atoms with Crippen LogP contribution < -0.4 is 9.47 Å². The van der Waals surface area contributed by atoms with Gasteiger partial charge in [-0.15, -0.1) is 0 Å². The molecule has 2 aromatic rings. The van der Waals surface area contributed by atoms with Crippen LogP contribution in [0.25, 0.3) is 0 Å². The molecule has 0 radical (unpaired) electrons. The third-order valence-corrected chi connectivity index (χ3v) is 2.60. The van der Waals surface area contributed by atoms with Gasteiger partial charge in [-0.05, 0) is 31.0 Å². The summed E-state index contributed by atoms with van der Waals surface area (Å²) < 4.78 is 10.7. The molecule has 0 amide bonds. The Hall–Kier alpha value is -2.10. The molecule has 0 saturated carbocycles. The smallest absolute Gasteiger partial charge is 0.226 e. The fourth-order valence-corrected chi connectivity index (χ4v) is 1.44. The predicted molar refractivity (Wildman–Crippen MR) is 64.6 cm³/mol. The normalized spacial score (nSPS) is 10.1. The number of aromatic nitrogens is 2. The summed E-state index contributed by atoms with van der Waals surface area (Å²) in [5.41, 5.74) is 2.29. The van der Waals surface area contributed by atoms with Crippen molar-refractivity contribution in [1.29, 1.82) is 0 Å². The summed E-state index contributed by atoms with van der Waals surface area (Å²) >= 11 is 0. The lowest BCUT2D eigenvalue weighted by Gasteiger charge is -2.09. The Morgan fingerprint density at radius 2 is 1.82 bits per heavy atom. The molecule has 0 fully saturated rings. The monoisotopic (exact) mass is 230 g/mol. The molecular weight excluding hydrogens is 216 g/mol. The molecule has 1 heterocycles. The second-order valence-electron chi connectivity index (χ2n) is 3.70. The van der Waals surface area contributed by atoms with Gasteiger partial charge in [-0.25, -0.2) is 9.97 Å². The molecule has 88 valence electrons. The number of hydrogen-bond donors (Lipinski definition) is 0. The van der Waals surface area contributed by atoms with E-state index in [-0.39, 0.29) is 0 Å². The van der Waals surface area contributed by atoms with Crippen molar-refractivity contribution in [3.8, 4) is 17.5 Å². The number of benzene rings is 1. The Kier molecular flexibility index (Phi) is 3.23. The Morgan fingerprint density at radius 3 is 2.59 bits per heavy atom. The van der Waals surface area contributed by atoms with Gasteiger partial charge in [0, 0.05) is 0 Å². The molecule has 0 bridgehead atoms. The van der Waals surface area contributed by atoms with E-state index in [0.29, 0.717) is 11.8 Å². The molecule has 0 atom stereocenters. The van der Waals surface area contributed by atoms with E-state index in [4.69, 9.17) is 9.47 Å². The molecule has 0 aliphatic heterocycles. The number of aryl methyl sites for hydroxylation is 1. The van der Waals surface area contributed by atoms with Gasteiger partial charge < -0.3 is 9.47 Å². The summed E-state index contributed by atoms with van der Waals surface area (Å²) in [6.45, 7) is 4.06. The zero-order valence-electron chi connectivity index (χ0n) is 10.1. The summed E-state index contributed by atoms with van der Waals surface area (Å²) in [6, 6.07) is 7.57. The SMILES string of the molecule is COc1cc(Oc2cccc(C)c2C)ncn1. The minimum absolute atomic E-state index is 0.477. The van der Waals surface area contributed by atoms with Crippen molar-refractivity contribution in [3.63, 3.8) is 0 Å². The summed E-state index contributed by atoms with van der Waals surface area (Å²) in [5.74, 6) is 1.76. The minimum Gasteiger partial charge on any atom is -0.481 e. The van der Waals surface area contributed by atoms with Gasteiger partial charge in [0.1, 0.15) is 12.1 Å². The number of ether oxygens (including phenoxy) is 2. The van der Waals surface area contributed by atoms with Crippen LogP contribution in [-0.2, 0) is 0 Å². The van der Waals surface area contributed by atoms with Gasteiger partial charge in [0.15, 0.2) is 0 Å². The molecule has 0 aliphatic carbocycles. The van der Waals surface area contributed by atoms with Crippen LogP contribution in [0.1, 0.15) is 11.1 Å². The summed E-state index contributed by atoms with van der Waals surface area (Å²) in [6.07, 6.45) is 1.42. The highest BCUT2D eigenvalue weighted by molar-refractivity contribution is 5.40. The largest absolute Gasteiger partial charge is 0.481 e. The highest BCUT2D eigenvalue weighted by atomic mass is 16.5. The van der Waals surface area contributed by atoms with Gasteiger partial charge >= 0.3 is 0 Å². The first kappa shape index (κ1) is 11.4. The molecule has 4 heteroatoms. The fourth-order valence-electron chi connectivity index (χ4n) is 1.44. The fraction of sp³-hybridized carbons (Fsp3) is 0.231. The quantitative estimate of drug-likeness (QED) is 0.813. The van der Waals surface area contributed by atoms with Crippen LogP contribution in [0.15, 0.2) is 30.6 Å². The highest BCUT2D eigenvalue weighted by Crippen LogP contribution is 2.26. The van der Waals surface area contributed by atoms with Crippen LogP contribution in [0, 0.1) is 13.8 Å². The van der Waals surface area contributed by atoms with Crippen molar-refractivity contribution in [2.45, 2.75) is 13.8 Å². The predicted octanol–water partition coefficient (Wildman–Crippen LogP) is 2.89. The van der Waals surface area contributed by atoms with Crippen molar-refractivity contribution in [2.75, 3.05) is 7.11 Å². The average molecular weight is 230 g/mol. The van der Waals surface area contributed by atoms with E-state index in [2.05, 4.69) is 9.97 Å². The van der Waals surface area contributed by atoms with Gasteiger partial charge in [-0.3, -0.25) is 0 Å². The first-order valence-electron chi connectivity index (χ1n) is 5.31. The molecule has 1 aromatic carbocycles. The maximum absolute atomic E-state index is 5.70. The zero-order chi connectivity index (χ0) is 12.3. The van der Waals surface area contributed by atoms with Crippen LogP contribution in [0.2, 0.25) is 0 Å². The van der Waals surface area contributed by atoms with E-state index in [0.717, 1.165) is 11.3 Å². The first-order chi connectivity index (χ1) is 8.20. The van der Waals surface area contributed by atoms with E-state index in [1.54, 1.807) is 13.2 Å². The molecule has 1 aromatic heterocycles. The molecule has 0 saturated heterocycles. The molecule has 0 aliphatic rings. The molecule has 17 heavy (non-hydrogen) atoms. The van der Waals surface area contributed by atoms with Crippen LogP contribution in [0.4, 0.5) is 0 Å². The van der Waals surface area contributed by atoms with Crippen molar-refractivity contribution < 1.29 is 9.47 Å². The second kappa shape index (κ2) is 4.82. The third-order valence-electron chi connectivity index (χ3n) is 2.60. The van der Waals surface area contributed by atoms with Gasteiger partial charge in [0.2, 0.25) is 11.8 Å². The average Bonchev–Trinajstić information content (AvgIpc) is 2.35. The first-order valence-corrected chi connectivity index (χ1v) is 5.31. The van der Waals surface area contributed by atoms with Crippen molar-refractivity contribution >= 4 is 0 Å². The minimum atomic E-state index is 0.477. The summed E-state index contributed by atoms with van der Waals surface area (Å²) in [5, 5.41) is 0. The molecule has 2 rings (SSSR count). The zero-order valence-corrected chi connectivity index (χ0v) is 10.1. The molecule has 0 unspecified atom stereocenters. The van der Waals surface area contributed by atoms with E-state index >= 15 is 0 Å². The standard InChI is InChI=1S/C13H14N2O2/c1-9-5-4-6-11(10(9)2)17-13-7-12(16-3)14-8-15-13/h4-8H,1-3H3. The molecule has 0 spiro atoms. The third kappa shape index (κ3) is 2.53. The number of nitrogens with zero attached hydrogens (tertiary/aromatic N) is 2. The lowest BCUT2D eigenvalue weighted by atomic mass is 10.1. The summed E-state index contributed by atoms with van der Waals surface area (Å²) in [7, 11) is 1.56. The Balaban J connectivity index is 2.28. The lowest BCUT2D eigenvalue weighted by molar-refractivity contribution is 0.387. The Morgan fingerprint density at radius 1 is 1.06 bits per heavy atom. The van der Waals surface area contributed by atoms with E-state index in [9.17, 15) is 0 Å². The topological polar surface area (TPSA) is 44.2 Å². The van der Waals surface area contributed by atoms with Gasteiger partial charge in [-0.1, -0.05) is 12.1 Å². The van der Waals surface area contributed by atoms with Gasteiger partial charge in [-0.2, -0.15) is 0 Å². The Labute approximate surface area is 100 Å². The van der Waals surface area contributed by atoms with Gasteiger partial charge in [0.05, 0.1) is 13.2 Å². The van der Waals surface area contributed by atoms with Crippen LogP contribution >= 0.6 is 0 Å². The number of methoxy groups -OCH3 is 1. The van der Waals surface area contributed by atoms with E-state index in [1.165, 1.54) is 11.9 Å². The molecule has 4 nitrogen and oxygen atoms in total. The number of rotatable bonds is 3. The van der Waals surface area contributed by atoms with Crippen LogP contribution in [0.3, 0.4) is 0 Å². The van der Waals surface area contributed by atoms with Crippen LogP contribution in [-0.4, -0.2) is 17.1 Å². The Bertz CT molecular complexity index is 527. The van der Waals surface area contributed by atoms with E-state index < -0.39 is 0 Å². The number of hydrogen-bond acceptors (Lipinski definition) is 4. The van der Waals surface area contributed by atoms with E-state index in [1.807, 2.05) is 32.0 Å².